The van der Waals surface area contributed by atoms with Crippen molar-refractivity contribution in [3.05, 3.63) is 29.6 Å². The predicted molar refractivity (Wildman–Crippen MR) is 58.0 cm³/mol. The molecule has 0 aliphatic heterocycles. The van der Waals surface area contributed by atoms with Crippen molar-refractivity contribution in [3.8, 4) is 0 Å². The highest BCUT2D eigenvalue weighted by Crippen LogP contribution is 2.13. The molecule has 1 unspecified atom stereocenters. The SMILES string of the molecule is CCC(N)C(=O)Nc1cc(C)cc(F)c1. The molecule has 1 rings (SSSR count). The van der Waals surface area contributed by atoms with E-state index in [0.29, 0.717) is 12.1 Å². The highest BCUT2D eigenvalue weighted by Gasteiger charge is 2.11. The summed E-state index contributed by atoms with van der Waals surface area (Å²) >= 11 is 0. The van der Waals surface area contributed by atoms with E-state index in [2.05, 4.69) is 5.32 Å². The normalized spacial score (nSPS) is 12.3. The zero-order valence-electron chi connectivity index (χ0n) is 8.88. The summed E-state index contributed by atoms with van der Waals surface area (Å²) in [5, 5.41) is 2.57. The molecule has 0 radical (unpaired) electrons. The Morgan fingerprint density at radius 2 is 2.20 bits per heavy atom. The van der Waals surface area contributed by atoms with Crippen molar-refractivity contribution in [2.45, 2.75) is 26.3 Å². The number of carbonyl (C=O) groups is 1. The van der Waals surface area contributed by atoms with Crippen molar-refractivity contribution in [2.75, 3.05) is 5.32 Å². The molecule has 1 atom stereocenters. The third-order valence-corrected chi connectivity index (χ3v) is 2.09. The van der Waals surface area contributed by atoms with Crippen molar-refractivity contribution in [3.63, 3.8) is 0 Å². The van der Waals surface area contributed by atoms with Crippen LogP contribution in [0.3, 0.4) is 0 Å². The Hall–Kier alpha value is -1.42. The molecular formula is C11H15FN2O. The van der Waals surface area contributed by atoms with Crippen LogP contribution in [-0.4, -0.2) is 11.9 Å². The lowest BCUT2D eigenvalue weighted by atomic mass is 10.2. The van der Waals surface area contributed by atoms with Crippen molar-refractivity contribution >= 4 is 11.6 Å². The van der Waals surface area contributed by atoms with Gasteiger partial charge in [0.25, 0.3) is 0 Å². The zero-order chi connectivity index (χ0) is 11.4. The number of amides is 1. The minimum absolute atomic E-state index is 0.289. The zero-order valence-corrected chi connectivity index (χ0v) is 8.88. The summed E-state index contributed by atoms with van der Waals surface area (Å²) in [5.74, 6) is -0.655. The van der Waals surface area contributed by atoms with Crippen molar-refractivity contribution in [1.82, 2.24) is 0 Å². The lowest BCUT2D eigenvalue weighted by Crippen LogP contribution is -2.34. The number of carbonyl (C=O) groups excluding carboxylic acids is 1. The molecule has 0 fully saturated rings. The lowest BCUT2D eigenvalue weighted by Gasteiger charge is -2.10. The number of benzene rings is 1. The summed E-state index contributed by atoms with van der Waals surface area (Å²) in [7, 11) is 0. The van der Waals surface area contributed by atoms with Gasteiger partial charge in [-0.1, -0.05) is 6.92 Å². The van der Waals surface area contributed by atoms with Crippen molar-refractivity contribution in [1.29, 1.82) is 0 Å². The summed E-state index contributed by atoms with van der Waals surface area (Å²) in [6, 6.07) is 3.82. The largest absolute Gasteiger partial charge is 0.325 e. The number of anilines is 1. The smallest absolute Gasteiger partial charge is 0.241 e. The molecule has 1 aromatic carbocycles. The van der Waals surface area contributed by atoms with E-state index in [1.54, 1.807) is 13.0 Å². The molecule has 4 heteroatoms. The van der Waals surface area contributed by atoms with E-state index in [9.17, 15) is 9.18 Å². The van der Waals surface area contributed by atoms with Crippen LogP contribution in [0.4, 0.5) is 10.1 Å². The van der Waals surface area contributed by atoms with Crippen molar-refractivity contribution in [2.24, 2.45) is 5.73 Å². The fraction of sp³-hybridized carbons (Fsp3) is 0.364. The van der Waals surface area contributed by atoms with Gasteiger partial charge in [-0.15, -0.1) is 0 Å². The number of hydrogen-bond acceptors (Lipinski definition) is 2. The summed E-state index contributed by atoms with van der Waals surface area (Å²) in [6.07, 6.45) is 0.556. The molecule has 0 aliphatic carbocycles. The number of rotatable bonds is 3. The Balaban J connectivity index is 2.76. The number of aryl methyl sites for hydroxylation is 1. The molecule has 3 nitrogen and oxygen atoms in total. The van der Waals surface area contributed by atoms with Crippen LogP contribution >= 0.6 is 0 Å². The fourth-order valence-electron chi connectivity index (χ4n) is 1.23. The van der Waals surface area contributed by atoms with Crippen LogP contribution in [0.15, 0.2) is 18.2 Å². The fourth-order valence-corrected chi connectivity index (χ4v) is 1.23. The molecule has 0 saturated carbocycles. The summed E-state index contributed by atoms with van der Waals surface area (Å²) in [5.41, 5.74) is 6.74. The molecule has 1 aromatic rings. The van der Waals surface area contributed by atoms with E-state index in [-0.39, 0.29) is 11.7 Å². The Kier molecular flexibility index (Phi) is 3.80. The molecule has 0 bridgehead atoms. The standard InChI is InChI=1S/C11H15FN2O/c1-3-10(13)11(15)14-9-5-7(2)4-8(12)6-9/h4-6,10H,3,13H2,1-2H3,(H,14,15). The van der Waals surface area contributed by atoms with E-state index in [4.69, 9.17) is 5.73 Å². The summed E-state index contributed by atoms with van der Waals surface area (Å²) in [6.45, 7) is 3.58. The topological polar surface area (TPSA) is 55.1 Å². The van der Waals surface area contributed by atoms with Crippen LogP contribution in [-0.2, 0) is 4.79 Å². The predicted octanol–water partition coefficient (Wildman–Crippen LogP) is 1.81. The Morgan fingerprint density at radius 1 is 1.53 bits per heavy atom. The summed E-state index contributed by atoms with van der Waals surface area (Å²) in [4.78, 5) is 11.4. The van der Waals surface area contributed by atoms with E-state index < -0.39 is 6.04 Å². The van der Waals surface area contributed by atoms with Crippen LogP contribution in [0.2, 0.25) is 0 Å². The maximum Gasteiger partial charge on any atom is 0.241 e. The first-order valence-electron chi connectivity index (χ1n) is 4.86. The quantitative estimate of drug-likeness (QED) is 0.799. The van der Waals surface area contributed by atoms with Crippen LogP contribution in [0.5, 0.6) is 0 Å². The second-order valence-electron chi connectivity index (χ2n) is 3.52. The van der Waals surface area contributed by atoms with Gasteiger partial charge in [-0.05, 0) is 37.1 Å². The molecule has 0 aromatic heterocycles. The van der Waals surface area contributed by atoms with Gasteiger partial charge < -0.3 is 11.1 Å². The number of halogens is 1. The first kappa shape index (κ1) is 11.7. The Bertz CT molecular complexity index is 345. The van der Waals surface area contributed by atoms with Crippen LogP contribution < -0.4 is 11.1 Å². The van der Waals surface area contributed by atoms with E-state index >= 15 is 0 Å². The van der Waals surface area contributed by atoms with Gasteiger partial charge in [-0.25, -0.2) is 4.39 Å². The number of hydrogen-bond donors (Lipinski definition) is 2. The second-order valence-corrected chi connectivity index (χ2v) is 3.52. The number of nitrogens with one attached hydrogen (secondary N) is 1. The van der Waals surface area contributed by atoms with Crippen LogP contribution in [0.25, 0.3) is 0 Å². The van der Waals surface area contributed by atoms with Gasteiger partial charge in [-0.2, -0.15) is 0 Å². The van der Waals surface area contributed by atoms with E-state index in [1.807, 2.05) is 6.92 Å². The maximum absolute atomic E-state index is 13.0. The molecular weight excluding hydrogens is 195 g/mol. The van der Waals surface area contributed by atoms with E-state index in [0.717, 1.165) is 5.56 Å². The average Bonchev–Trinajstić information content (AvgIpc) is 2.14. The van der Waals surface area contributed by atoms with Crippen LogP contribution in [0, 0.1) is 12.7 Å². The molecule has 15 heavy (non-hydrogen) atoms. The van der Waals surface area contributed by atoms with E-state index in [1.165, 1.54) is 12.1 Å². The van der Waals surface area contributed by atoms with Gasteiger partial charge >= 0.3 is 0 Å². The van der Waals surface area contributed by atoms with Crippen LogP contribution in [0.1, 0.15) is 18.9 Å². The minimum atomic E-state index is -0.548. The van der Waals surface area contributed by atoms with Gasteiger partial charge in [0.2, 0.25) is 5.91 Å². The summed E-state index contributed by atoms with van der Waals surface area (Å²) < 4.78 is 13.0. The first-order chi connectivity index (χ1) is 7.02. The maximum atomic E-state index is 13.0. The third kappa shape index (κ3) is 3.32. The first-order valence-corrected chi connectivity index (χ1v) is 4.86. The molecule has 0 saturated heterocycles. The number of nitrogens with two attached hydrogens (primary N) is 1. The van der Waals surface area contributed by atoms with Crippen molar-refractivity contribution < 1.29 is 9.18 Å². The molecule has 82 valence electrons. The molecule has 0 heterocycles. The van der Waals surface area contributed by atoms with Gasteiger partial charge in [0, 0.05) is 5.69 Å². The highest BCUT2D eigenvalue weighted by atomic mass is 19.1. The Morgan fingerprint density at radius 3 is 2.73 bits per heavy atom. The van der Waals surface area contributed by atoms with Gasteiger partial charge in [0.15, 0.2) is 0 Å². The monoisotopic (exact) mass is 210 g/mol. The molecule has 0 aliphatic rings. The molecule has 1 amide bonds. The average molecular weight is 210 g/mol. The van der Waals surface area contributed by atoms with Gasteiger partial charge in [0.05, 0.1) is 6.04 Å². The highest BCUT2D eigenvalue weighted by molar-refractivity contribution is 5.94. The molecule has 3 N–H and O–H groups in total. The third-order valence-electron chi connectivity index (χ3n) is 2.09. The minimum Gasteiger partial charge on any atom is -0.325 e. The molecule has 0 spiro atoms. The second kappa shape index (κ2) is 4.89. The van der Waals surface area contributed by atoms with Gasteiger partial charge in [0.1, 0.15) is 5.82 Å². The lowest BCUT2D eigenvalue weighted by molar-refractivity contribution is -0.117. The van der Waals surface area contributed by atoms with Gasteiger partial charge in [-0.3, -0.25) is 4.79 Å². The Labute approximate surface area is 88.5 Å².